The van der Waals surface area contributed by atoms with E-state index in [4.69, 9.17) is 4.74 Å². The van der Waals surface area contributed by atoms with Crippen LogP contribution in [-0.4, -0.2) is 22.0 Å². The summed E-state index contributed by atoms with van der Waals surface area (Å²) in [6, 6.07) is 0.646. The molecule has 1 aromatic heterocycles. The fourth-order valence-corrected chi connectivity index (χ4v) is 1.62. The molecule has 72 valence electrons. The summed E-state index contributed by atoms with van der Waals surface area (Å²) in [7, 11) is 0. The van der Waals surface area contributed by atoms with Crippen LogP contribution in [0.1, 0.15) is 25.6 Å². The molecule has 2 rings (SSSR count). The molecule has 5 heteroatoms. The maximum Gasteiger partial charge on any atom is 0.202 e. The van der Waals surface area contributed by atoms with Crippen molar-refractivity contribution in [2.45, 2.75) is 32.4 Å². The molecule has 0 unspecified atom stereocenters. The van der Waals surface area contributed by atoms with Gasteiger partial charge in [0.1, 0.15) is 6.61 Å². The summed E-state index contributed by atoms with van der Waals surface area (Å²) in [6.07, 6.45) is 2.53. The van der Waals surface area contributed by atoms with E-state index in [1.807, 2.05) is 6.92 Å². The molecule has 1 aliphatic carbocycles. The molecule has 0 atom stereocenters. The zero-order chi connectivity index (χ0) is 9.10. The maximum absolute atomic E-state index is 5.21. The highest BCUT2D eigenvalue weighted by molar-refractivity contribution is 7.09. The first-order chi connectivity index (χ1) is 6.38. The van der Waals surface area contributed by atoms with Gasteiger partial charge < -0.3 is 10.1 Å². The molecular formula is C8H13N3OS. The molecule has 1 fully saturated rings. The fraction of sp³-hybridized carbons (Fsp3) is 0.750. The van der Waals surface area contributed by atoms with Crippen molar-refractivity contribution >= 4 is 16.7 Å². The Balaban J connectivity index is 1.84. The van der Waals surface area contributed by atoms with Crippen LogP contribution in [0.2, 0.25) is 0 Å². The highest BCUT2D eigenvalue weighted by Crippen LogP contribution is 2.25. The van der Waals surface area contributed by atoms with Crippen LogP contribution in [0.15, 0.2) is 0 Å². The zero-order valence-electron chi connectivity index (χ0n) is 7.62. The molecule has 0 spiro atoms. The van der Waals surface area contributed by atoms with Crippen LogP contribution in [0.3, 0.4) is 0 Å². The predicted octanol–water partition coefficient (Wildman–Crippen LogP) is 1.65. The molecule has 0 saturated heterocycles. The number of hydrogen-bond acceptors (Lipinski definition) is 5. The lowest BCUT2D eigenvalue weighted by Crippen LogP contribution is -2.00. The van der Waals surface area contributed by atoms with E-state index in [9.17, 15) is 0 Å². The predicted molar refractivity (Wildman–Crippen MR) is 51.9 cm³/mol. The van der Waals surface area contributed by atoms with Gasteiger partial charge in [-0.2, -0.15) is 4.37 Å². The normalized spacial score (nSPS) is 16.1. The van der Waals surface area contributed by atoms with Crippen molar-refractivity contribution in [1.82, 2.24) is 9.36 Å². The van der Waals surface area contributed by atoms with E-state index in [2.05, 4.69) is 14.7 Å². The number of nitrogens with one attached hydrogen (secondary N) is 1. The lowest BCUT2D eigenvalue weighted by Gasteiger charge is -1.95. The average Bonchev–Trinajstić information content (AvgIpc) is 2.81. The minimum Gasteiger partial charge on any atom is -0.374 e. The Morgan fingerprint density at radius 3 is 3.15 bits per heavy atom. The van der Waals surface area contributed by atoms with Crippen LogP contribution in [-0.2, 0) is 11.3 Å². The van der Waals surface area contributed by atoms with E-state index in [-0.39, 0.29) is 0 Å². The van der Waals surface area contributed by atoms with Crippen molar-refractivity contribution in [3.05, 3.63) is 5.82 Å². The molecule has 1 N–H and O–H groups in total. The van der Waals surface area contributed by atoms with Gasteiger partial charge in [-0.3, -0.25) is 0 Å². The molecule has 0 aliphatic heterocycles. The summed E-state index contributed by atoms with van der Waals surface area (Å²) in [4.78, 5) is 4.30. The van der Waals surface area contributed by atoms with Crippen LogP contribution in [0.25, 0.3) is 0 Å². The Labute approximate surface area is 81.5 Å². The molecule has 1 heterocycles. The second kappa shape index (κ2) is 4.02. The number of anilines is 1. The minimum atomic E-state index is 0.527. The maximum atomic E-state index is 5.21. The van der Waals surface area contributed by atoms with Crippen molar-refractivity contribution < 1.29 is 4.74 Å². The third kappa shape index (κ3) is 2.63. The third-order valence-electron chi connectivity index (χ3n) is 1.81. The van der Waals surface area contributed by atoms with Crippen molar-refractivity contribution in [1.29, 1.82) is 0 Å². The van der Waals surface area contributed by atoms with Crippen LogP contribution >= 0.6 is 11.5 Å². The molecule has 1 aromatic rings. The van der Waals surface area contributed by atoms with Gasteiger partial charge >= 0.3 is 0 Å². The summed E-state index contributed by atoms with van der Waals surface area (Å²) in [6.45, 7) is 3.21. The van der Waals surface area contributed by atoms with Crippen molar-refractivity contribution in [3.63, 3.8) is 0 Å². The molecule has 0 radical (unpaired) electrons. The number of hydrogen-bond donors (Lipinski definition) is 1. The molecule has 0 amide bonds. The van der Waals surface area contributed by atoms with Crippen LogP contribution in [0.4, 0.5) is 5.13 Å². The number of ether oxygens (including phenoxy) is 1. The highest BCUT2D eigenvalue weighted by Gasteiger charge is 2.22. The Morgan fingerprint density at radius 1 is 1.62 bits per heavy atom. The van der Waals surface area contributed by atoms with Crippen molar-refractivity contribution in [2.24, 2.45) is 0 Å². The van der Waals surface area contributed by atoms with E-state index in [1.54, 1.807) is 0 Å². The second-order valence-corrected chi connectivity index (χ2v) is 3.82. The largest absolute Gasteiger partial charge is 0.374 e. The van der Waals surface area contributed by atoms with E-state index >= 15 is 0 Å². The average molecular weight is 199 g/mol. The minimum absolute atomic E-state index is 0.527. The first-order valence-electron chi connectivity index (χ1n) is 4.55. The molecule has 4 nitrogen and oxygen atoms in total. The van der Waals surface area contributed by atoms with Gasteiger partial charge in [-0.1, -0.05) is 0 Å². The van der Waals surface area contributed by atoms with E-state index in [1.165, 1.54) is 24.4 Å². The lowest BCUT2D eigenvalue weighted by molar-refractivity contribution is 0.129. The van der Waals surface area contributed by atoms with Gasteiger partial charge in [0.25, 0.3) is 0 Å². The highest BCUT2D eigenvalue weighted by atomic mass is 32.1. The van der Waals surface area contributed by atoms with Crippen LogP contribution in [0, 0.1) is 0 Å². The van der Waals surface area contributed by atoms with E-state index in [0.29, 0.717) is 19.3 Å². The number of nitrogens with zero attached hydrogens (tertiary/aromatic N) is 2. The van der Waals surface area contributed by atoms with Crippen molar-refractivity contribution in [3.8, 4) is 0 Å². The molecule has 13 heavy (non-hydrogen) atoms. The van der Waals surface area contributed by atoms with Crippen LogP contribution < -0.4 is 5.32 Å². The summed E-state index contributed by atoms with van der Waals surface area (Å²) in [5.74, 6) is 0.787. The van der Waals surface area contributed by atoms with Gasteiger partial charge in [0.2, 0.25) is 5.13 Å². The zero-order valence-corrected chi connectivity index (χ0v) is 8.43. The number of aromatic nitrogens is 2. The summed E-state index contributed by atoms with van der Waals surface area (Å²) in [5.41, 5.74) is 0. The second-order valence-electron chi connectivity index (χ2n) is 3.07. The SMILES string of the molecule is CCOCc1nsc(NC2CC2)n1. The van der Waals surface area contributed by atoms with Gasteiger partial charge in [-0.05, 0) is 19.8 Å². The van der Waals surface area contributed by atoms with Gasteiger partial charge in [-0.25, -0.2) is 4.98 Å². The Hall–Kier alpha value is -0.680. The van der Waals surface area contributed by atoms with Gasteiger partial charge in [0.05, 0.1) is 0 Å². The summed E-state index contributed by atoms with van der Waals surface area (Å²) < 4.78 is 9.38. The van der Waals surface area contributed by atoms with Gasteiger partial charge in [0.15, 0.2) is 5.82 Å². The molecule has 1 aliphatic rings. The Kier molecular flexibility index (Phi) is 2.75. The van der Waals surface area contributed by atoms with Crippen LogP contribution in [0.5, 0.6) is 0 Å². The van der Waals surface area contributed by atoms with E-state index < -0.39 is 0 Å². The summed E-state index contributed by atoms with van der Waals surface area (Å²) >= 11 is 1.42. The summed E-state index contributed by atoms with van der Waals surface area (Å²) in [5, 5.41) is 4.23. The number of rotatable bonds is 5. The van der Waals surface area contributed by atoms with E-state index in [0.717, 1.165) is 11.0 Å². The van der Waals surface area contributed by atoms with Crippen molar-refractivity contribution in [2.75, 3.05) is 11.9 Å². The topological polar surface area (TPSA) is 47.0 Å². The monoisotopic (exact) mass is 199 g/mol. The quantitative estimate of drug-likeness (QED) is 0.783. The molecular weight excluding hydrogens is 186 g/mol. The first-order valence-corrected chi connectivity index (χ1v) is 5.32. The van der Waals surface area contributed by atoms with Gasteiger partial charge in [-0.15, -0.1) is 0 Å². The molecule has 0 bridgehead atoms. The van der Waals surface area contributed by atoms with Gasteiger partial charge in [0, 0.05) is 24.2 Å². The standard InChI is InChI=1S/C8H13N3OS/c1-2-12-5-7-10-8(13-11-7)9-6-3-4-6/h6H,2-5H2,1H3,(H,9,10,11). The molecule has 0 aromatic carbocycles. The first kappa shape index (κ1) is 8.90. The smallest absolute Gasteiger partial charge is 0.202 e. The Morgan fingerprint density at radius 2 is 2.46 bits per heavy atom. The third-order valence-corrected chi connectivity index (χ3v) is 2.49. The molecule has 1 saturated carbocycles. The lowest BCUT2D eigenvalue weighted by atomic mass is 10.6. The fourth-order valence-electron chi connectivity index (χ4n) is 0.967. The Bertz CT molecular complexity index is 272.